The fraction of sp³-hybridized carbons (Fsp3) is 0.357. The van der Waals surface area contributed by atoms with Crippen molar-refractivity contribution >= 4 is 11.6 Å². The third-order valence-corrected chi connectivity index (χ3v) is 3.34. The van der Waals surface area contributed by atoms with Gasteiger partial charge in [-0.25, -0.2) is 0 Å². The van der Waals surface area contributed by atoms with Crippen LogP contribution in [0, 0.1) is 13.8 Å². The molecule has 0 amide bonds. The minimum Gasteiger partial charge on any atom is -0.487 e. The first-order chi connectivity index (χ1) is 8.61. The molecule has 0 atom stereocenters. The van der Waals surface area contributed by atoms with E-state index >= 15 is 0 Å². The van der Waals surface area contributed by atoms with E-state index in [1.807, 2.05) is 42.8 Å². The third-order valence-electron chi connectivity index (χ3n) is 2.85. The van der Waals surface area contributed by atoms with Crippen molar-refractivity contribution < 1.29 is 4.74 Å². The van der Waals surface area contributed by atoms with Gasteiger partial charge >= 0.3 is 0 Å². The average molecular weight is 265 g/mol. The predicted molar refractivity (Wildman–Crippen MR) is 73.2 cm³/mol. The highest BCUT2D eigenvalue weighted by Crippen LogP contribution is 2.22. The van der Waals surface area contributed by atoms with Gasteiger partial charge in [0.05, 0.1) is 16.4 Å². The van der Waals surface area contributed by atoms with Crippen molar-refractivity contribution in [2.45, 2.75) is 33.9 Å². The number of aromatic nitrogens is 2. The number of benzene rings is 1. The highest BCUT2D eigenvalue weighted by Gasteiger charge is 2.12. The van der Waals surface area contributed by atoms with Gasteiger partial charge in [-0.3, -0.25) is 4.68 Å². The van der Waals surface area contributed by atoms with Crippen molar-refractivity contribution in [3.63, 3.8) is 0 Å². The monoisotopic (exact) mass is 264 g/mol. The smallest absolute Gasteiger partial charge is 0.131 e. The zero-order valence-corrected chi connectivity index (χ0v) is 11.7. The molecule has 0 N–H and O–H groups in total. The highest BCUT2D eigenvalue weighted by molar-refractivity contribution is 6.31. The molecule has 0 aliphatic heterocycles. The second-order valence-electron chi connectivity index (χ2n) is 4.26. The van der Waals surface area contributed by atoms with Crippen LogP contribution in [-0.4, -0.2) is 9.78 Å². The average Bonchev–Trinajstić information content (AvgIpc) is 2.65. The van der Waals surface area contributed by atoms with E-state index in [0.717, 1.165) is 23.7 Å². The van der Waals surface area contributed by atoms with Gasteiger partial charge in [0.25, 0.3) is 0 Å². The number of ether oxygens (including phenoxy) is 1. The summed E-state index contributed by atoms with van der Waals surface area (Å²) in [6.45, 7) is 7.23. The molecule has 3 nitrogen and oxygen atoms in total. The lowest BCUT2D eigenvalue weighted by Crippen LogP contribution is -2.06. The second-order valence-corrected chi connectivity index (χ2v) is 4.64. The van der Waals surface area contributed by atoms with Gasteiger partial charge in [0.15, 0.2) is 0 Å². The number of halogens is 1. The zero-order valence-electron chi connectivity index (χ0n) is 10.9. The molecule has 1 aromatic heterocycles. The van der Waals surface area contributed by atoms with Gasteiger partial charge in [-0.05, 0) is 32.9 Å². The van der Waals surface area contributed by atoms with Crippen molar-refractivity contribution in [2.75, 3.05) is 0 Å². The summed E-state index contributed by atoms with van der Waals surface area (Å²) in [7, 11) is 0. The van der Waals surface area contributed by atoms with E-state index < -0.39 is 0 Å². The molecule has 0 saturated heterocycles. The maximum Gasteiger partial charge on any atom is 0.131 e. The van der Waals surface area contributed by atoms with E-state index in [9.17, 15) is 0 Å². The van der Waals surface area contributed by atoms with E-state index in [1.54, 1.807) is 0 Å². The molecule has 0 unspecified atom stereocenters. The molecule has 18 heavy (non-hydrogen) atoms. The Hall–Kier alpha value is -1.48. The fourth-order valence-corrected chi connectivity index (χ4v) is 1.98. The van der Waals surface area contributed by atoms with Crippen LogP contribution in [0.25, 0.3) is 0 Å². The van der Waals surface area contributed by atoms with Gasteiger partial charge in [0.1, 0.15) is 12.4 Å². The molecule has 0 radical (unpaired) electrons. The normalized spacial score (nSPS) is 10.7. The summed E-state index contributed by atoms with van der Waals surface area (Å²) in [6, 6.07) is 7.98. The van der Waals surface area contributed by atoms with Crippen LogP contribution in [0.5, 0.6) is 5.75 Å². The van der Waals surface area contributed by atoms with Crippen LogP contribution in [0.3, 0.4) is 0 Å². The summed E-state index contributed by atoms with van der Waals surface area (Å²) in [5.74, 6) is 0.846. The lowest BCUT2D eigenvalue weighted by Gasteiger charge is -2.08. The molecular weight excluding hydrogens is 248 g/mol. The topological polar surface area (TPSA) is 27.1 Å². The summed E-state index contributed by atoms with van der Waals surface area (Å²) in [5, 5.41) is 5.06. The Bertz CT molecular complexity index is 531. The van der Waals surface area contributed by atoms with Gasteiger partial charge in [-0.1, -0.05) is 29.3 Å². The molecule has 4 heteroatoms. The molecule has 0 saturated carbocycles. The first-order valence-corrected chi connectivity index (χ1v) is 6.41. The van der Waals surface area contributed by atoms with E-state index in [1.165, 1.54) is 5.56 Å². The summed E-state index contributed by atoms with van der Waals surface area (Å²) in [6.07, 6.45) is 0. The van der Waals surface area contributed by atoms with Gasteiger partial charge < -0.3 is 4.74 Å². The van der Waals surface area contributed by atoms with Gasteiger partial charge in [-0.15, -0.1) is 0 Å². The molecule has 0 aliphatic carbocycles. The van der Waals surface area contributed by atoms with E-state index in [2.05, 4.69) is 12.0 Å². The summed E-state index contributed by atoms with van der Waals surface area (Å²) >= 11 is 6.22. The van der Waals surface area contributed by atoms with E-state index in [0.29, 0.717) is 11.6 Å². The van der Waals surface area contributed by atoms with Crippen LogP contribution in [0.4, 0.5) is 0 Å². The molecule has 1 aromatic carbocycles. The molecule has 1 heterocycles. The first kappa shape index (κ1) is 13.0. The Kier molecular flexibility index (Phi) is 3.92. The SMILES string of the molecule is CCn1nc(C)c(Cl)c1COc1ccc(C)cc1. The molecule has 2 aromatic rings. The first-order valence-electron chi connectivity index (χ1n) is 6.03. The van der Waals surface area contributed by atoms with Crippen molar-refractivity contribution in [3.05, 3.63) is 46.2 Å². The number of hydrogen-bond acceptors (Lipinski definition) is 2. The molecule has 0 fully saturated rings. The van der Waals surface area contributed by atoms with Crippen molar-refractivity contribution in [1.82, 2.24) is 9.78 Å². The quantitative estimate of drug-likeness (QED) is 0.841. The number of hydrogen-bond donors (Lipinski definition) is 0. The Morgan fingerprint density at radius 3 is 2.50 bits per heavy atom. The van der Waals surface area contributed by atoms with Crippen LogP contribution in [-0.2, 0) is 13.2 Å². The Morgan fingerprint density at radius 2 is 1.89 bits per heavy atom. The Balaban J connectivity index is 2.12. The minimum absolute atomic E-state index is 0.441. The number of nitrogens with zero attached hydrogens (tertiary/aromatic N) is 2. The molecule has 0 spiro atoms. The van der Waals surface area contributed by atoms with E-state index in [4.69, 9.17) is 16.3 Å². The largest absolute Gasteiger partial charge is 0.487 e. The Morgan fingerprint density at radius 1 is 1.22 bits per heavy atom. The number of rotatable bonds is 4. The Labute approximate surface area is 112 Å². The molecule has 0 bridgehead atoms. The van der Waals surface area contributed by atoms with E-state index in [-0.39, 0.29) is 0 Å². The van der Waals surface area contributed by atoms with Crippen LogP contribution >= 0.6 is 11.6 Å². The lowest BCUT2D eigenvalue weighted by molar-refractivity contribution is 0.292. The third kappa shape index (κ3) is 2.67. The van der Waals surface area contributed by atoms with Gasteiger partial charge in [-0.2, -0.15) is 5.10 Å². The maximum atomic E-state index is 6.22. The summed E-state index contributed by atoms with van der Waals surface area (Å²) in [5.41, 5.74) is 2.99. The highest BCUT2D eigenvalue weighted by atomic mass is 35.5. The van der Waals surface area contributed by atoms with Crippen molar-refractivity contribution in [1.29, 1.82) is 0 Å². The second kappa shape index (κ2) is 5.44. The maximum absolute atomic E-state index is 6.22. The minimum atomic E-state index is 0.441. The zero-order chi connectivity index (χ0) is 13.1. The lowest BCUT2D eigenvalue weighted by atomic mass is 10.2. The van der Waals surface area contributed by atoms with Crippen LogP contribution < -0.4 is 4.74 Å². The molecule has 2 rings (SSSR count). The predicted octanol–water partition coefficient (Wildman–Crippen LogP) is 3.75. The summed E-state index contributed by atoms with van der Waals surface area (Å²) in [4.78, 5) is 0. The van der Waals surface area contributed by atoms with Crippen LogP contribution in [0.1, 0.15) is 23.9 Å². The van der Waals surface area contributed by atoms with Crippen molar-refractivity contribution in [2.24, 2.45) is 0 Å². The number of aryl methyl sites for hydroxylation is 3. The molecule has 96 valence electrons. The van der Waals surface area contributed by atoms with Crippen LogP contribution in [0.2, 0.25) is 5.02 Å². The standard InChI is InChI=1S/C14H17ClN2O/c1-4-17-13(14(15)11(3)16-17)9-18-12-7-5-10(2)6-8-12/h5-8H,4,9H2,1-3H3. The molecule has 0 aliphatic rings. The molecular formula is C14H17ClN2O. The summed E-state index contributed by atoms with van der Waals surface area (Å²) < 4.78 is 7.62. The fourth-order valence-electron chi connectivity index (χ4n) is 1.79. The van der Waals surface area contributed by atoms with Gasteiger partial charge in [0.2, 0.25) is 0 Å². The van der Waals surface area contributed by atoms with Gasteiger partial charge in [0, 0.05) is 6.54 Å². The van der Waals surface area contributed by atoms with Crippen LogP contribution in [0.15, 0.2) is 24.3 Å². The van der Waals surface area contributed by atoms with Crippen molar-refractivity contribution in [3.8, 4) is 5.75 Å².